The minimum atomic E-state index is 0.666. The third kappa shape index (κ3) is 3.61. The zero-order valence-electron chi connectivity index (χ0n) is 29.0. The van der Waals surface area contributed by atoms with Crippen molar-refractivity contribution in [1.82, 2.24) is 18.9 Å². The lowest BCUT2D eigenvalue weighted by atomic mass is 10.00. The molecule has 0 saturated heterocycles. The second kappa shape index (κ2) is 10.2. The normalized spacial score (nSPS) is 12.4. The highest BCUT2D eigenvalue weighted by atomic mass is 15.2. The molecule has 248 valence electrons. The van der Waals surface area contributed by atoms with E-state index >= 15 is 0 Å². The molecule has 0 aliphatic carbocycles. The SMILES string of the molecule is c1ccc2cc(-c3nc(-n4c5cc6ccccc6cc5c5c6c7ccccc7n7c8ccccc8c(cc54)c67)nc4c3ccc3ccccc34)ccc2c1. The Kier molecular flexibility index (Phi) is 5.34. The van der Waals surface area contributed by atoms with Crippen LogP contribution in [0.2, 0.25) is 0 Å². The van der Waals surface area contributed by atoms with Crippen LogP contribution in [0.15, 0.2) is 170 Å². The highest BCUT2D eigenvalue weighted by Crippen LogP contribution is 2.47. The van der Waals surface area contributed by atoms with Gasteiger partial charge in [0.1, 0.15) is 0 Å². The first-order valence-corrected chi connectivity index (χ1v) is 18.5. The maximum Gasteiger partial charge on any atom is 0.235 e. The fourth-order valence-electron chi connectivity index (χ4n) is 9.42. The van der Waals surface area contributed by atoms with E-state index in [0.29, 0.717) is 5.95 Å². The first-order valence-electron chi connectivity index (χ1n) is 18.5. The minimum absolute atomic E-state index is 0.666. The van der Waals surface area contributed by atoms with Crippen LogP contribution in [0.25, 0.3) is 120 Å². The summed E-state index contributed by atoms with van der Waals surface area (Å²) in [7, 11) is 0. The van der Waals surface area contributed by atoms with Gasteiger partial charge in [-0.15, -0.1) is 0 Å². The molecule has 0 amide bonds. The van der Waals surface area contributed by atoms with Gasteiger partial charge in [0.2, 0.25) is 5.95 Å². The third-order valence-corrected chi connectivity index (χ3v) is 11.8. The molecule has 54 heavy (non-hydrogen) atoms. The Morgan fingerprint density at radius 3 is 1.80 bits per heavy atom. The minimum Gasteiger partial charge on any atom is -0.308 e. The summed E-state index contributed by atoms with van der Waals surface area (Å²) in [6, 6.07) is 61.6. The molecule has 13 rings (SSSR count). The van der Waals surface area contributed by atoms with Crippen LogP contribution in [0.4, 0.5) is 0 Å². The molecule has 0 spiro atoms. The largest absolute Gasteiger partial charge is 0.308 e. The summed E-state index contributed by atoms with van der Waals surface area (Å²) < 4.78 is 4.81. The summed E-state index contributed by atoms with van der Waals surface area (Å²) >= 11 is 0. The molecule has 0 N–H and O–H groups in total. The van der Waals surface area contributed by atoms with E-state index in [4.69, 9.17) is 9.97 Å². The van der Waals surface area contributed by atoms with Crippen molar-refractivity contribution in [2.45, 2.75) is 0 Å². The number of rotatable bonds is 2. The highest BCUT2D eigenvalue weighted by Gasteiger charge is 2.26. The van der Waals surface area contributed by atoms with E-state index < -0.39 is 0 Å². The first kappa shape index (κ1) is 28.3. The summed E-state index contributed by atoms with van der Waals surface area (Å²) in [5, 5.41) is 15.5. The molecule has 4 heteroatoms. The number of hydrogen-bond acceptors (Lipinski definition) is 2. The molecule has 0 radical (unpaired) electrons. The van der Waals surface area contributed by atoms with Crippen molar-refractivity contribution in [2.75, 3.05) is 0 Å². The van der Waals surface area contributed by atoms with Crippen molar-refractivity contribution in [3.05, 3.63) is 170 Å². The van der Waals surface area contributed by atoms with Gasteiger partial charge in [0, 0.05) is 48.7 Å². The number of fused-ring (bicyclic) bond motifs is 15. The van der Waals surface area contributed by atoms with Crippen LogP contribution in [0.1, 0.15) is 0 Å². The topological polar surface area (TPSA) is 35.1 Å². The summed E-state index contributed by atoms with van der Waals surface area (Å²) in [4.78, 5) is 11.2. The Morgan fingerprint density at radius 1 is 0.352 bits per heavy atom. The average Bonchev–Trinajstić information content (AvgIpc) is 3.86. The maximum absolute atomic E-state index is 5.60. The number of hydrogen-bond donors (Lipinski definition) is 0. The van der Waals surface area contributed by atoms with E-state index in [1.807, 2.05) is 0 Å². The zero-order valence-corrected chi connectivity index (χ0v) is 29.0. The van der Waals surface area contributed by atoms with Gasteiger partial charge >= 0.3 is 0 Å². The van der Waals surface area contributed by atoms with Crippen molar-refractivity contribution in [3.8, 4) is 17.2 Å². The maximum atomic E-state index is 5.60. The van der Waals surface area contributed by atoms with Gasteiger partial charge in [-0.25, -0.2) is 9.97 Å². The summed E-state index contributed by atoms with van der Waals surface area (Å²) in [5.74, 6) is 0.666. The Balaban J connectivity index is 1.26. The van der Waals surface area contributed by atoms with Gasteiger partial charge in [0.05, 0.1) is 38.8 Å². The van der Waals surface area contributed by atoms with Crippen LogP contribution in [-0.2, 0) is 0 Å². The standard InChI is InChI=1S/C50H28N4/c1-2-13-31-25-34(22-21-29(31)11-1)47-38-24-23-30-12-5-6-16-35(30)48(38)52-50(51-47)54-43-27-33-15-4-3-14-32(33)26-40(43)45-44(54)28-39-36-17-7-9-19-41(36)53-42-20-10-8-18-37(42)46(45)49(39)53/h1-28H. The molecule has 13 aromatic rings. The van der Waals surface area contributed by atoms with E-state index in [-0.39, 0.29) is 0 Å². The van der Waals surface area contributed by atoms with Crippen LogP contribution < -0.4 is 0 Å². The predicted octanol–water partition coefficient (Wildman–Crippen LogP) is 13.0. The molecule has 4 nitrogen and oxygen atoms in total. The van der Waals surface area contributed by atoms with Crippen LogP contribution in [0, 0.1) is 0 Å². The number of aromatic nitrogens is 4. The Morgan fingerprint density at radius 2 is 0.981 bits per heavy atom. The van der Waals surface area contributed by atoms with Crippen molar-refractivity contribution in [2.24, 2.45) is 0 Å². The molecule has 0 aliphatic heterocycles. The van der Waals surface area contributed by atoms with E-state index in [9.17, 15) is 0 Å². The monoisotopic (exact) mass is 684 g/mol. The Labute approximate surface area is 308 Å². The number of benzene rings is 9. The van der Waals surface area contributed by atoms with E-state index in [1.54, 1.807) is 0 Å². The molecule has 4 aromatic heterocycles. The van der Waals surface area contributed by atoms with Crippen LogP contribution in [0.3, 0.4) is 0 Å². The molecule has 0 atom stereocenters. The van der Waals surface area contributed by atoms with E-state index in [1.165, 1.54) is 70.4 Å². The predicted molar refractivity (Wildman–Crippen MR) is 226 cm³/mol. The van der Waals surface area contributed by atoms with Crippen molar-refractivity contribution >= 4 is 103 Å². The van der Waals surface area contributed by atoms with Gasteiger partial charge in [-0.1, -0.05) is 127 Å². The molecule has 9 aromatic carbocycles. The fraction of sp³-hybridized carbons (Fsp3) is 0. The summed E-state index contributed by atoms with van der Waals surface area (Å²) in [5.41, 5.74) is 8.85. The lowest BCUT2D eigenvalue weighted by molar-refractivity contribution is 1.02. The quantitative estimate of drug-likeness (QED) is 0.170. The second-order valence-electron chi connectivity index (χ2n) is 14.6. The first-order chi connectivity index (χ1) is 26.8. The molecule has 0 saturated carbocycles. The summed E-state index contributed by atoms with van der Waals surface area (Å²) in [6.45, 7) is 0. The van der Waals surface area contributed by atoms with Gasteiger partial charge < -0.3 is 4.40 Å². The van der Waals surface area contributed by atoms with Crippen molar-refractivity contribution < 1.29 is 0 Å². The molecular formula is C50H28N4. The molecular weight excluding hydrogens is 657 g/mol. The van der Waals surface area contributed by atoms with Gasteiger partial charge in [0.25, 0.3) is 0 Å². The van der Waals surface area contributed by atoms with Crippen molar-refractivity contribution in [3.63, 3.8) is 0 Å². The van der Waals surface area contributed by atoms with Gasteiger partial charge in [-0.05, 0) is 69.4 Å². The van der Waals surface area contributed by atoms with Gasteiger partial charge in [-0.3, -0.25) is 4.57 Å². The van der Waals surface area contributed by atoms with Gasteiger partial charge in [0.15, 0.2) is 0 Å². The van der Waals surface area contributed by atoms with E-state index in [2.05, 4.69) is 179 Å². The van der Waals surface area contributed by atoms with Crippen LogP contribution in [-0.4, -0.2) is 18.9 Å². The van der Waals surface area contributed by atoms with Crippen molar-refractivity contribution in [1.29, 1.82) is 0 Å². The molecule has 4 heterocycles. The number of para-hydroxylation sites is 2. The Bertz CT molecular complexity index is 3740. The lowest BCUT2D eigenvalue weighted by Crippen LogP contribution is -2.04. The zero-order chi connectivity index (χ0) is 35.1. The number of nitrogens with zero attached hydrogens (tertiary/aromatic N) is 4. The highest BCUT2D eigenvalue weighted by molar-refractivity contribution is 6.36. The lowest BCUT2D eigenvalue weighted by Gasteiger charge is -2.14. The smallest absolute Gasteiger partial charge is 0.235 e. The third-order valence-electron chi connectivity index (χ3n) is 11.8. The molecule has 0 unspecified atom stereocenters. The Hall–Kier alpha value is -7.30. The molecule has 0 fully saturated rings. The summed E-state index contributed by atoms with van der Waals surface area (Å²) in [6.07, 6.45) is 0. The average molecular weight is 685 g/mol. The van der Waals surface area contributed by atoms with Crippen LogP contribution >= 0.6 is 0 Å². The molecule has 0 aliphatic rings. The molecule has 0 bridgehead atoms. The van der Waals surface area contributed by atoms with E-state index in [0.717, 1.165) is 44.0 Å². The fourth-order valence-corrected chi connectivity index (χ4v) is 9.42. The van der Waals surface area contributed by atoms with Gasteiger partial charge in [-0.2, -0.15) is 0 Å². The second-order valence-corrected chi connectivity index (χ2v) is 14.6. The van der Waals surface area contributed by atoms with Crippen LogP contribution in [0.5, 0.6) is 0 Å².